The lowest BCUT2D eigenvalue weighted by molar-refractivity contribution is -0.144. The van der Waals surface area contributed by atoms with Crippen molar-refractivity contribution in [3.05, 3.63) is 0 Å². The number of hydrogen-bond acceptors (Lipinski definition) is 3. The first-order chi connectivity index (χ1) is 12.9. The van der Waals surface area contributed by atoms with E-state index < -0.39 is 0 Å². The van der Waals surface area contributed by atoms with Gasteiger partial charge in [-0.1, -0.05) is 13.8 Å². The molecule has 0 amide bonds. The van der Waals surface area contributed by atoms with E-state index in [1.807, 2.05) is 0 Å². The smallest absolute Gasteiger partial charge is 0.156 e. The average molecular weight is 372 g/mol. The molecule has 0 aromatic heterocycles. The largest absolute Gasteiger partial charge is 0.390 e. The van der Waals surface area contributed by atoms with Gasteiger partial charge in [0.05, 0.1) is 11.6 Å². The Balaban J connectivity index is 1.29. The van der Waals surface area contributed by atoms with Gasteiger partial charge in [-0.25, -0.2) is 0 Å². The molecular formula is C24H37NO2. The van der Waals surface area contributed by atoms with Gasteiger partial charge in [0.25, 0.3) is 0 Å². The van der Waals surface area contributed by atoms with Crippen molar-refractivity contribution in [3.63, 3.8) is 0 Å². The maximum Gasteiger partial charge on any atom is 0.156 e. The van der Waals surface area contributed by atoms with E-state index in [0.717, 1.165) is 56.5 Å². The van der Waals surface area contributed by atoms with E-state index in [9.17, 15) is 9.90 Å². The molecule has 0 spiro atoms. The van der Waals surface area contributed by atoms with Crippen LogP contribution in [0.3, 0.4) is 0 Å². The van der Waals surface area contributed by atoms with Crippen LogP contribution in [0.2, 0.25) is 0 Å². The molecular weight excluding hydrogens is 334 g/mol. The van der Waals surface area contributed by atoms with Crippen LogP contribution in [0.15, 0.2) is 0 Å². The summed E-state index contributed by atoms with van der Waals surface area (Å²) in [4.78, 5) is 16.0. The molecule has 0 radical (unpaired) electrons. The molecule has 0 bridgehead atoms. The molecule has 1 heterocycles. The molecule has 6 aliphatic rings. The lowest BCUT2D eigenvalue weighted by atomic mass is 9.45. The Hall–Kier alpha value is -0.410. The van der Waals surface area contributed by atoms with Crippen molar-refractivity contribution in [3.8, 4) is 0 Å². The molecule has 9 atom stereocenters. The van der Waals surface area contributed by atoms with Gasteiger partial charge in [-0.2, -0.15) is 0 Å². The summed E-state index contributed by atoms with van der Waals surface area (Å²) in [5, 5.41) is 10.7. The first-order valence-corrected chi connectivity index (χ1v) is 11.9. The molecule has 1 aliphatic heterocycles. The second-order valence-corrected chi connectivity index (χ2v) is 11.9. The Labute approximate surface area is 164 Å². The fourth-order valence-corrected chi connectivity index (χ4v) is 9.18. The molecule has 5 saturated carbocycles. The van der Waals surface area contributed by atoms with Crippen LogP contribution in [0.4, 0.5) is 0 Å². The number of carbonyl (C=O) groups excluding carboxylic acids is 1. The third-order valence-corrected chi connectivity index (χ3v) is 10.9. The molecule has 0 aromatic rings. The Bertz CT molecular complexity index is 671. The zero-order valence-electron chi connectivity index (χ0n) is 17.3. The number of Topliss-reactive ketones (excluding diaryl/α,β-unsaturated/α-hetero) is 1. The van der Waals surface area contributed by atoms with E-state index in [-0.39, 0.29) is 17.1 Å². The Morgan fingerprint density at radius 2 is 1.70 bits per heavy atom. The van der Waals surface area contributed by atoms with Crippen molar-refractivity contribution < 1.29 is 9.90 Å². The SMILES string of the molecule is C[C@]12C[C@H]3C[C@]3(O)CC1CCC1C2CC[C@]2(C)C(=O)[C@@H](N3CCCC3)CC12. The van der Waals surface area contributed by atoms with Crippen LogP contribution in [0.25, 0.3) is 0 Å². The van der Waals surface area contributed by atoms with E-state index in [4.69, 9.17) is 0 Å². The summed E-state index contributed by atoms with van der Waals surface area (Å²) in [5.74, 6) is 4.07. The summed E-state index contributed by atoms with van der Waals surface area (Å²) in [6.07, 6.45) is 12.1. The second-order valence-electron chi connectivity index (χ2n) is 11.9. The predicted octanol–water partition coefficient (Wildman–Crippen LogP) is 4.03. The molecule has 150 valence electrons. The fraction of sp³-hybridized carbons (Fsp3) is 0.958. The van der Waals surface area contributed by atoms with E-state index >= 15 is 0 Å². The summed E-state index contributed by atoms with van der Waals surface area (Å²) < 4.78 is 0. The number of aliphatic hydroxyl groups is 1. The van der Waals surface area contributed by atoms with Crippen molar-refractivity contribution in [1.29, 1.82) is 0 Å². The van der Waals surface area contributed by atoms with Gasteiger partial charge in [0.15, 0.2) is 5.78 Å². The van der Waals surface area contributed by atoms with Crippen LogP contribution < -0.4 is 0 Å². The zero-order chi connectivity index (χ0) is 18.6. The first kappa shape index (κ1) is 17.4. The summed E-state index contributed by atoms with van der Waals surface area (Å²) in [6.45, 7) is 7.20. The molecule has 6 rings (SSSR count). The van der Waals surface area contributed by atoms with Gasteiger partial charge in [-0.3, -0.25) is 9.69 Å². The summed E-state index contributed by atoms with van der Waals surface area (Å²) in [5.41, 5.74) is 0.0867. The molecule has 6 fully saturated rings. The lowest BCUT2D eigenvalue weighted by Crippen LogP contribution is -2.54. The average Bonchev–Trinajstić information content (AvgIpc) is 2.98. The maximum atomic E-state index is 13.5. The number of carbonyl (C=O) groups is 1. The first-order valence-electron chi connectivity index (χ1n) is 11.9. The Kier molecular flexibility index (Phi) is 3.48. The van der Waals surface area contributed by atoms with Crippen LogP contribution in [-0.2, 0) is 4.79 Å². The quantitative estimate of drug-likeness (QED) is 0.756. The number of likely N-dealkylation sites (tertiary alicyclic amines) is 1. The van der Waals surface area contributed by atoms with Gasteiger partial charge in [0.1, 0.15) is 0 Å². The molecule has 3 heteroatoms. The molecule has 5 aliphatic carbocycles. The number of hydrogen-bond donors (Lipinski definition) is 1. The second kappa shape index (κ2) is 5.39. The zero-order valence-corrected chi connectivity index (χ0v) is 17.3. The summed E-state index contributed by atoms with van der Waals surface area (Å²) >= 11 is 0. The number of nitrogens with zero attached hydrogens (tertiary/aromatic N) is 1. The normalized spacial score (nSPS) is 59.7. The van der Waals surface area contributed by atoms with Gasteiger partial charge in [-0.05, 0) is 112 Å². The van der Waals surface area contributed by atoms with Crippen LogP contribution >= 0.6 is 0 Å². The lowest BCUT2D eigenvalue weighted by Gasteiger charge is -2.59. The number of fused-ring (bicyclic) bond motifs is 6. The Morgan fingerprint density at radius 1 is 0.963 bits per heavy atom. The van der Waals surface area contributed by atoms with E-state index in [0.29, 0.717) is 23.0 Å². The minimum atomic E-state index is -0.287. The highest BCUT2D eigenvalue weighted by Gasteiger charge is 2.68. The standard InChI is InChI=1S/C24H37NO2/c1-22-8-7-18-17(19(22)11-20(21(22)26)25-9-3-4-10-25)6-5-15-13-24(27)14-16(24)12-23(15,18)2/h15-20,27H,3-14H2,1-2H3/t15?,16-,17?,18?,19?,20-,22-,23-,24+/m0/s1. The molecule has 27 heavy (non-hydrogen) atoms. The third kappa shape index (κ3) is 2.19. The highest BCUT2D eigenvalue weighted by Crippen LogP contribution is 2.71. The predicted molar refractivity (Wildman–Crippen MR) is 105 cm³/mol. The highest BCUT2D eigenvalue weighted by molar-refractivity contribution is 5.92. The molecule has 3 nitrogen and oxygen atoms in total. The minimum Gasteiger partial charge on any atom is -0.390 e. The van der Waals surface area contributed by atoms with Gasteiger partial charge in [0, 0.05) is 5.41 Å². The van der Waals surface area contributed by atoms with E-state index in [1.54, 1.807) is 0 Å². The summed E-state index contributed by atoms with van der Waals surface area (Å²) in [7, 11) is 0. The van der Waals surface area contributed by atoms with Crippen molar-refractivity contribution >= 4 is 5.78 Å². The van der Waals surface area contributed by atoms with Crippen molar-refractivity contribution in [2.24, 2.45) is 40.4 Å². The van der Waals surface area contributed by atoms with Crippen molar-refractivity contribution in [2.45, 2.75) is 89.7 Å². The van der Waals surface area contributed by atoms with Gasteiger partial charge < -0.3 is 5.11 Å². The van der Waals surface area contributed by atoms with Crippen LogP contribution in [0.5, 0.6) is 0 Å². The number of ketones is 1. The van der Waals surface area contributed by atoms with Crippen molar-refractivity contribution in [2.75, 3.05) is 13.1 Å². The minimum absolute atomic E-state index is 0.0490. The third-order valence-electron chi connectivity index (χ3n) is 10.9. The molecule has 1 N–H and O–H groups in total. The monoisotopic (exact) mass is 371 g/mol. The Morgan fingerprint density at radius 3 is 2.48 bits per heavy atom. The van der Waals surface area contributed by atoms with Gasteiger partial charge in [0.2, 0.25) is 0 Å². The summed E-state index contributed by atoms with van der Waals surface area (Å²) in [6, 6.07) is 0.228. The molecule has 1 saturated heterocycles. The highest BCUT2D eigenvalue weighted by atomic mass is 16.3. The van der Waals surface area contributed by atoms with Gasteiger partial charge >= 0.3 is 0 Å². The van der Waals surface area contributed by atoms with Crippen LogP contribution in [-0.4, -0.2) is 40.5 Å². The fourth-order valence-electron chi connectivity index (χ4n) is 9.18. The van der Waals surface area contributed by atoms with Crippen LogP contribution in [0.1, 0.15) is 78.1 Å². The van der Waals surface area contributed by atoms with Gasteiger partial charge in [-0.15, -0.1) is 0 Å². The van der Waals surface area contributed by atoms with E-state index in [1.165, 1.54) is 38.5 Å². The van der Waals surface area contributed by atoms with Crippen molar-refractivity contribution in [1.82, 2.24) is 4.90 Å². The van der Waals surface area contributed by atoms with E-state index in [2.05, 4.69) is 18.7 Å². The molecule has 4 unspecified atom stereocenters. The number of rotatable bonds is 1. The topological polar surface area (TPSA) is 40.5 Å². The van der Waals surface area contributed by atoms with Crippen LogP contribution in [0, 0.1) is 40.4 Å². The maximum absolute atomic E-state index is 13.5. The molecule has 0 aromatic carbocycles.